The Bertz CT molecular complexity index is 677. The number of nitrogens with zero attached hydrogens (tertiary/aromatic N) is 2. The molecule has 0 spiro atoms. The Morgan fingerprint density at radius 1 is 1.13 bits per heavy atom. The molecule has 2 aromatic rings. The summed E-state index contributed by atoms with van der Waals surface area (Å²) in [6.07, 6.45) is 6.30. The van der Waals surface area contributed by atoms with Crippen LogP contribution in [0.25, 0.3) is 0 Å². The summed E-state index contributed by atoms with van der Waals surface area (Å²) in [5.41, 5.74) is 0.977. The van der Waals surface area contributed by atoms with Crippen molar-refractivity contribution in [2.45, 2.75) is 49.9 Å². The number of piperidine rings is 1. The zero-order valence-electron chi connectivity index (χ0n) is 13.0. The highest BCUT2D eigenvalue weighted by molar-refractivity contribution is 5.23. The lowest BCUT2D eigenvalue weighted by Crippen LogP contribution is -2.49. The van der Waals surface area contributed by atoms with Crippen molar-refractivity contribution in [2.24, 2.45) is 0 Å². The average Bonchev–Trinajstić information content (AvgIpc) is 2.80. The van der Waals surface area contributed by atoms with Crippen LogP contribution in [0.1, 0.15) is 36.8 Å². The number of halogens is 1. The van der Waals surface area contributed by atoms with Gasteiger partial charge in [0.05, 0.1) is 11.8 Å². The van der Waals surface area contributed by atoms with Gasteiger partial charge in [-0.25, -0.2) is 4.39 Å². The number of benzene rings is 1. The van der Waals surface area contributed by atoms with Crippen LogP contribution in [0, 0.1) is 5.82 Å². The van der Waals surface area contributed by atoms with Crippen molar-refractivity contribution in [3.05, 3.63) is 65.7 Å². The van der Waals surface area contributed by atoms with Crippen molar-refractivity contribution in [3.8, 4) is 0 Å². The van der Waals surface area contributed by atoms with Crippen molar-refractivity contribution in [3.63, 3.8) is 0 Å². The van der Waals surface area contributed by atoms with E-state index >= 15 is 0 Å². The molecule has 2 bridgehead atoms. The van der Waals surface area contributed by atoms with Gasteiger partial charge in [0.1, 0.15) is 5.82 Å². The first kappa shape index (κ1) is 14.8. The van der Waals surface area contributed by atoms with Crippen LogP contribution in [0.4, 0.5) is 4.39 Å². The van der Waals surface area contributed by atoms with Crippen molar-refractivity contribution in [1.29, 1.82) is 0 Å². The summed E-state index contributed by atoms with van der Waals surface area (Å²) in [6.45, 7) is 0.924. The highest BCUT2D eigenvalue weighted by atomic mass is 19.1. The molecule has 0 amide bonds. The summed E-state index contributed by atoms with van der Waals surface area (Å²) in [5.74, 6) is -0.380. The summed E-state index contributed by atoms with van der Waals surface area (Å²) < 4.78 is 13.5. The summed E-state index contributed by atoms with van der Waals surface area (Å²) in [5, 5.41) is 11.1. The quantitative estimate of drug-likeness (QED) is 0.945. The fourth-order valence-electron chi connectivity index (χ4n) is 4.27. The van der Waals surface area contributed by atoms with Gasteiger partial charge in [-0.1, -0.05) is 30.3 Å². The van der Waals surface area contributed by atoms with Gasteiger partial charge < -0.3 is 5.11 Å². The van der Waals surface area contributed by atoms with Gasteiger partial charge in [-0.3, -0.25) is 9.88 Å². The summed E-state index contributed by atoms with van der Waals surface area (Å²) >= 11 is 0. The third-order valence-corrected chi connectivity index (χ3v) is 5.37. The van der Waals surface area contributed by atoms with E-state index in [0.29, 0.717) is 30.5 Å². The number of aliphatic hydroxyl groups is 1. The number of hydrogen-bond acceptors (Lipinski definition) is 3. The van der Waals surface area contributed by atoms with Gasteiger partial charge >= 0.3 is 0 Å². The maximum Gasteiger partial charge on any atom is 0.141 e. The van der Waals surface area contributed by atoms with Crippen LogP contribution in [-0.4, -0.2) is 27.1 Å². The van der Waals surface area contributed by atoms with Crippen LogP contribution >= 0.6 is 0 Å². The number of fused-ring (bicyclic) bond motifs is 2. The second-order valence-electron chi connectivity index (χ2n) is 6.87. The van der Waals surface area contributed by atoms with E-state index in [4.69, 9.17) is 0 Å². The molecule has 2 atom stereocenters. The van der Waals surface area contributed by atoms with E-state index in [0.717, 1.165) is 19.4 Å². The predicted molar refractivity (Wildman–Crippen MR) is 86.1 cm³/mol. The second kappa shape index (κ2) is 5.69. The topological polar surface area (TPSA) is 36.4 Å². The molecule has 2 aliphatic rings. The molecular weight excluding hydrogens is 291 g/mol. The third-order valence-electron chi connectivity index (χ3n) is 5.37. The lowest BCUT2D eigenvalue weighted by molar-refractivity contribution is -0.0598. The molecule has 1 N–H and O–H groups in total. The molecule has 120 valence electrons. The van der Waals surface area contributed by atoms with Gasteiger partial charge in [-0.05, 0) is 37.3 Å². The fourth-order valence-corrected chi connectivity index (χ4v) is 4.27. The Kier molecular flexibility index (Phi) is 3.66. The van der Waals surface area contributed by atoms with Crippen LogP contribution in [0.15, 0.2) is 48.8 Å². The molecule has 23 heavy (non-hydrogen) atoms. The molecular formula is C19H21FN2O. The first-order valence-electron chi connectivity index (χ1n) is 8.27. The molecule has 2 saturated heterocycles. The van der Waals surface area contributed by atoms with Gasteiger partial charge in [0, 0.05) is 30.4 Å². The van der Waals surface area contributed by atoms with Crippen LogP contribution in [0.5, 0.6) is 0 Å². The molecule has 4 heteroatoms. The zero-order valence-corrected chi connectivity index (χ0v) is 13.0. The minimum Gasteiger partial charge on any atom is -0.385 e. The predicted octanol–water partition coefficient (Wildman–Crippen LogP) is 3.24. The van der Waals surface area contributed by atoms with Crippen molar-refractivity contribution >= 4 is 0 Å². The van der Waals surface area contributed by atoms with Gasteiger partial charge in [0.2, 0.25) is 0 Å². The number of hydrogen-bond donors (Lipinski definition) is 1. The Hall–Kier alpha value is -1.78. The molecule has 4 rings (SSSR count). The van der Waals surface area contributed by atoms with E-state index in [2.05, 4.69) is 34.1 Å². The minimum atomic E-state index is -0.950. The summed E-state index contributed by atoms with van der Waals surface area (Å²) in [7, 11) is 0. The average molecular weight is 312 g/mol. The molecule has 3 nitrogen and oxygen atoms in total. The Morgan fingerprint density at radius 2 is 1.83 bits per heavy atom. The molecule has 1 aromatic carbocycles. The second-order valence-corrected chi connectivity index (χ2v) is 6.87. The highest BCUT2D eigenvalue weighted by Gasteiger charge is 2.48. The van der Waals surface area contributed by atoms with Gasteiger partial charge in [0.25, 0.3) is 0 Å². The van der Waals surface area contributed by atoms with Crippen molar-refractivity contribution in [2.75, 3.05) is 0 Å². The van der Waals surface area contributed by atoms with Gasteiger partial charge in [-0.15, -0.1) is 0 Å². The van der Waals surface area contributed by atoms with E-state index in [9.17, 15) is 9.50 Å². The normalized spacial score (nSPS) is 30.5. The van der Waals surface area contributed by atoms with Crippen molar-refractivity contribution in [1.82, 2.24) is 9.88 Å². The van der Waals surface area contributed by atoms with Crippen LogP contribution in [0.2, 0.25) is 0 Å². The summed E-state index contributed by atoms with van der Waals surface area (Å²) in [6, 6.07) is 12.6. The van der Waals surface area contributed by atoms with Crippen LogP contribution in [-0.2, 0) is 12.1 Å². The standard InChI is InChI=1S/C19H21FN2O/c20-16-8-15(11-21-12-16)19(23)9-17-6-7-18(10-19)22(17)13-14-4-2-1-3-5-14/h1-5,8,11-12,17-18,23H,6-7,9-10,13H2. The van der Waals surface area contributed by atoms with E-state index in [1.807, 2.05) is 6.07 Å². The Morgan fingerprint density at radius 3 is 2.48 bits per heavy atom. The first-order chi connectivity index (χ1) is 11.1. The molecule has 0 aliphatic carbocycles. The van der Waals surface area contributed by atoms with E-state index < -0.39 is 5.60 Å². The molecule has 0 saturated carbocycles. The van der Waals surface area contributed by atoms with Gasteiger partial charge in [0.15, 0.2) is 0 Å². The van der Waals surface area contributed by atoms with E-state index in [1.54, 1.807) is 6.20 Å². The first-order valence-corrected chi connectivity index (χ1v) is 8.27. The zero-order chi connectivity index (χ0) is 15.9. The van der Waals surface area contributed by atoms with E-state index in [1.165, 1.54) is 17.8 Å². The molecule has 2 aliphatic heterocycles. The van der Waals surface area contributed by atoms with Gasteiger partial charge in [-0.2, -0.15) is 0 Å². The molecule has 0 radical (unpaired) electrons. The SMILES string of the molecule is OC1(c2cncc(F)c2)CC2CCC(C1)N2Cc1ccccc1. The largest absolute Gasteiger partial charge is 0.385 e. The molecule has 1 aromatic heterocycles. The smallest absolute Gasteiger partial charge is 0.141 e. The third kappa shape index (κ3) is 2.77. The van der Waals surface area contributed by atoms with Crippen LogP contribution < -0.4 is 0 Å². The van der Waals surface area contributed by atoms with E-state index in [-0.39, 0.29) is 5.82 Å². The maximum atomic E-state index is 13.5. The maximum absolute atomic E-state index is 13.5. The minimum absolute atomic E-state index is 0.349. The number of rotatable bonds is 3. The molecule has 2 fully saturated rings. The number of aromatic nitrogens is 1. The Labute approximate surface area is 135 Å². The van der Waals surface area contributed by atoms with Crippen LogP contribution in [0.3, 0.4) is 0 Å². The lowest BCUT2D eigenvalue weighted by atomic mass is 9.81. The Balaban J connectivity index is 1.55. The fraction of sp³-hybridized carbons (Fsp3) is 0.421. The molecule has 3 heterocycles. The number of pyridine rings is 1. The lowest BCUT2D eigenvalue weighted by Gasteiger charge is -2.44. The van der Waals surface area contributed by atoms with Crippen molar-refractivity contribution < 1.29 is 9.50 Å². The molecule has 2 unspecified atom stereocenters. The monoisotopic (exact) mass is 312 g/mol. The summed E-state index contributed by atoms with van der Waals surface area (Å²) in [4.78, 5) is 6.42. The highest BCUT2D eigenvalue weighted by Crippen LogP contribution is 2.46.